The molecule has 248 valence electrons. The van der Waals surface area contributed by atoms with Crippen LogP contribution in [0.25, 0.3) is 0 Å². The van der Waals surface area contributed by atoms with Crippen LogP contribution >= 0.6 is 43.4 Å². The molecule has 45 heavy (non-hydrogen) atoms. The van der Waals surface area contributed by atoms with Crippen LogP contribution in [0.15, 0.2) is 21.8 Å². The summed E-state index contributed by atoms with van der Waals surface area (Å²) in [5.41, 5.74) is -2.44. The summed E-state index contributed by atoms with van der Waals surface area (Å²) >= 11 is 2.95. The Hall–Kier alpha value is -2.70. The Balaban J connectivity index is 1.89. The maximum absolute atomic E-state index is 13.6. The van der Waals surface area contributed by atoms with E-state index >= 15 is 0 Å². The van der Waals surface area contributed by atoms with Crippen LogP contribution in [0.4, 0.5) is 9.93 Å². The molecule has 3 rings (SSSR count). The van der Waals surface area contributed by atoms with Gasteiger partial charge in [0.1, 0.15) is 28.4 Å². The minimum atomic E-state index is -1.66. The standard InChI is InChI=1S/C26H35IN5O10PS2/c1-7-8-9-39-22(36)26(5,6)42-31-15(14-11-44-23(28-14)30-24(37)40-25(2,3)4)18(33)29-16-19(34)32-17(21(35)41-43)13(10-27)12-45(38)20(16)32/h11,16,20H,7-10,12,43H2,1-6H3,(H,29,33)(H,28,30,37)/b31-15-/t16-,20-,45?/m1/s1. The molecule has 0 saturated carbocycles. The van der Waals surface area contributed by atoms with E-state index in [1.165, 1.54) is 19.2 Å². The highest BCUT2D eigenvalue weighted by atomic mass is 127. The predicted molar refractivity (Wildman–Crippen MR) is 177 cm³/mol. The number of ether oxygens (including phenoxy) is 2. The van der Waals surface area contributed by atoms with Gasteiger partial charge in [-0.2, -0.15) is 0 Å². The molecule has 1 fully saturated rings. The largest absolute Gasteiger partial charge is 0.463 e. The fourth-order valence-electron chi connectivity index (χ4n) is 3.93. The molecule has 4 atom stereocenters. The number of halogens is 1. The van der Waals surface area contributed by atoms with Gasteiger partial charge in [0.2, 0.25) is 5.60 Å². The van der Waals surface area contributed by atoms with Gasteiger partial charge in [-0.3, -0.25) is 24.0 Å². The topological polar surface area (TPSA) is 192 Å². The van der Waals surface area contributed by atoms with E-state index in [-0.39, 0.29) is 28.9 Å². The van der Waals surface area contributed by atoms with Crippen molar-refractivity contribution < 1.29 is 47.0 Å². The molecule has 2 aliphatic rings. The summed E-state index contributed by atoms with van der Waals surface area (Å²) in [5.74, 6) is -3.14. The summed E-state index contributed by atoms with van der Waals surface area (Å²) in [7, 11) is 0.167. The first-order valence-electron chi connectivity index (χ1n) is 13.6. The number of carbonyl (C=O) groups excluding carboxylic acids is 5. The Morgan fingerprint density at radius 2 is 1.93 bits per heavy atom. The number of carbonyl (C=O) groups is 5. The van der Waals surface area contributed by atoms with Crippen molar-refractivity contribution in [1.29, 1.82) is 0 Å². The molecule has 19 heteroatoms. The first kappa shape index (κ1) is 36.8. The smallest absolute Gasteiger partial charge is 0.413 e. The maximum Gasteiger partial charge on any atom is 0.413 e. The van der Waals surface area contributed by atoms with Crippen molar-refractivity contribution in [3.05, 3.63) is 22.3 Å². The lowest BCUT2D eigenvalue weighted by molar-refractivity contribution is -0.168. The van der Waals surface area contributed by atoms with Gasteiger partial charge in [-0.05, 0) is 46.6 Å². The van der Waals surface area contributed by atoms with Crippen molar-refractivity contribution in [2.24, 2.45) is 5.16 Å². The molecule has 2 N–H and O–H groups in total. The van der Waals surface area contributed by atoms with E-state index in [0.717, 1.165) is 22.7 Å². The van der Waals surface area contributed by atoms with E-state index in [9.17, 15) is 28.2 Å². The number of alkyl halides is 1. The van der Waals surface area contributed by atoms with Crippen molar-refractivity contribution in [2.45, 2.75) is 77.0 Å². The maximum atomic E-state index is 13.6. The third kappa shape index (κ3) is 8.98. The van der Waals surface area contributed by atoms with Gasteiger partial charge in [-0.15, -0.1) is 11.3 Å². The number of thiazole rings is 1. The number of oxime groups is 1. The van der Waals surface area contributed by atoms with Gasteiger partial charge in [-0.1, -0.05) is 41.1 Å². The Morgan fingerprint density at radius 1 is 1.24 bits per heavy atom. The highest BCUT2D eigenvalue weighted by molar-refractivity contribution is 14.1. The molecule has 3 amide bonds. The number of rotatable bonds is 12. The van der Waals surface area contributed by atoms with E-state index < -0.39 is 69.0 Å². The number of aromatic nitrogens is 1. The average Bonchev–Trinajstić information content (AvgIpc) is 3.41. The number of anilines is 1. The van der Waals surface area contributed by atoms with Crippen LogP contribution in [0.1, 0.15) is 60.1 Å². The van der Waals surface area contributed by atoms with Crippen LogP contribution in [0.5, 0.6) is 0 Å². The molecule has 2 aliphatic heterocycles. The number of fused-ring (bicyclic) bond motifs is 1. The third-order valence-corrected chi connectivity index (χ3v) is 9.66. The van der Waals surface area contributed by atoms with Gasteiger partial charge < -0.3 is 24.2 Å². The molecular weight excluding hydrogens is 764 g/mol. The third-order valence-electron chi connectivity index (χ3n) is 6.11. The second-order valence-corrected chi connectivity index (χ2v) is 14.7. The summed E-state index contributed by atoms with van der Waals surface area (Å²) in [6.07, 6.45) is 0.668. The first-order valence-corrected chi connectivity index (χ1v) is 17.9. The lowest BCUT2D eigenvalue weighted by Crippen LogP contribution is -2.74. The van der Waals surface area contributed by atoms with E-state index in [1.807, 2.05) is 39.0 Å². The lowest BCUT2D eigenvalue weighted by Gasteiger charge is -2.49. The molecule has 0 bridgehead atoms. The number of unbranched alkanes of at least 4 members (excludes halogenated alkanes) is 1. The first-order chi connectivity index (χ1) is 21.0. The second-order valence-electron chi connectivity index (χ2n) is 11.3. The molecule has 0 aliphatic carbocycles. The number of nitrogens with zero attached hydrogens (tertiary/aromatic N) is 3. The van der Waals surface area contributed by atoms with E-state index in [1.54, 1.807) is 20.8 Å². The van der Waals surface area contributed by atoms with E-state index in [2.05, 4.69) is 20.8 Å². The minimum absolute atomic E-state index is 0.00300. The Kier molecular flexibility index (Phi) is 12.5. The van der Waals surface area contributed by atoms with E-state index in [0.29, 0.717) is 16.4 Å². The fraction of sp³-hybridized carbons (Fsp3) is 0.577. The molecule has 0 radical (unpaired) electrons. The summed E-state index contributed by atoms with van der Waals surface area (Å²) in [5, 5.41) is 9.33. The molecule has 3 heterocycles. The van der Waals surface area contributed by atoms with Gasteiger partial charge in [0.25, 0.3) is 11.8 Å². The highest BCUT2D eigenvalue weighted by Gasteiger charge is 2.57. The van der Waals surface area contributed by atoms with Gasteiger partial charge in [0.05, 0.1) is 32.6 Å². The van der Waals surface area contributed by atoms with Crippen LogP contribution in [0.2, 0.25) is 0 Å². The number of esters is 1. The number of hydrogen-bond acceptors (Lipinski definition) is 13. The summed E-state index contributed by atoms with van der Waals surface area (Å²) in [4.78, 5) is 74.9. The predicted octanol–water partition coefficient (Wildman–Crippen LogP) is 2.77. The minimum Gasteiger partial charge on any atom is -0.463 e. The zero-order valence-corrected chi connectivity index (χ0v) is 30.4. The molecule has 1 saturated heterocycles. The van der Waals surface area contributed by atoms with Crippen molar-refractivity contribution in [3.8, 4) is 0 Å². The van der Waals surface area contributed by atoms with Gasteiger partial charge in [0.15, 0.2) is 10.8 Å². The fourth-order valence-corrected chi connectivity index (χ4v) is 7.40. The van der Waals surface area contributed by atoms with Crippen LogP contribution in [-0.4, -0.2) is 89.1 Å². The quantitative estimate of drug-likeness (QED) is 0.0462. The Morgan fingerprint density at radius 3 is 2.53 bits per heavy atom. The van der Waals surface area contributed by atoms with Crippen LogP contribution < -0.4 is 10.6 Å². The lowest BCUT2D eigenvalue weighted by atomic mass is 10.0. The molecule has 0 spiro atoms. The van der Waals surface area contributed by atoms with Crippen molar-refractivity contribution >= 4 is 94.9 Å². The van der Waals surface area contributed by atoms with Gasteiger partial charge in [-0.25, -0.2) is 19.4 Å². The number of nitrogens with one attached hydrogen (secondary N) is 2. The monoisotopic (exact) mass is 799 g/mol. The molecule has 1 aromatic rings. The molecule has 2 unspecified atom stereocenters. The molecule has 15 nitrogen and oxygen atoms in total. The van der Waals surface area contributed by atoms with Gasteiger partial charge in [0, 0.05) is 9.81 Å². The number of β-lactam (4-membered cyclic amide) rings is 1. The zero-order valence-electron chi connectivity index (χ0n) is 25.5. The summed E-state index contributed by atoms with van der Waals surface area (Å²) in [6.45, 7) is 9.98. The second kappa shape index (κ2) is 15.3. The molecular formula is C26H35IN5O10PS2. The summed E-state index contributed by atoms with van der Waals surface area (Å²) < 4.78 is 28.7. The SMILES string of the molecule is CCCCOC(=O)C(C)(C)O/N=C(\C(=O)N[C@@H]1C(=O)N2C(C(=O)OP)=C(CI)CS(=O)[C@H]12)c1csc(NC(=O)OC(C)(C)C)n1. The summed E-state index contributed by atoms with van der Waals surface area (Å²) in [6, 6.07) is -1.28. The molecule has 1 aromatic heterocycles. The van der Waals surface area contributed by atoms with Crippen molar-refractivity contribution in [1.82, 2.24) is 15.2 Å². The normalized spacial score (nSPS) is 20.1. The number of hydrogen-bond donors (Lipinski definition) is 2. The number of amides is 3. The van der Waals surface area contributed by atoms with Crippen LogP contribution in [0.3, 0.4) is 0 Å². The van der Waals surface area contributed by atoms with Crippen molar-refractivity contribution in [3.63, 3.8) is 0 Å². The van der Waals surface area contributed by atoms with E-state index in [4.69, 9.17) is 18.8 Å². The molecule has 0 aromatic carbocycles. The Labute approximate surface area is 282 Å². The van der Waals surface area contributed by atoms with Crippen molar-refractivity contribution in [2.75, 3.05) is 22.1 Å². The van der Waals surface area contributed by atoms with Crippen LogP contribution in [0, 0.1) is 0 Å². The van der Waals surface area contributed by atoms with Crippen LogP contribution in [-0.2, 0) is 48.8 Å². The zero-order chi connectivity index (χ0) is 33.7. The highest BCUT2D eigenvalue weighted by Crippen LogP contribution is 2.36. The Bertz CT molecular complexity index is 1440. The van der Waals surface area contributed by atoms with Gasteiger partial charge >= 0.3 is 18.0 Å². The average molecular weight is 800 g/mol.